The van der Waals surface area contributed by atoms with Crippen molar-refractivity contribution in [2.75, 3.05) is 11.1 Å². The summed E-state index contributed by atoms with van der Waals surface area (Å²) in [4.78, 5) is 0. The van der Waals surface area contributed by atoms with Gasteiger partial charge in [-0.3, -0.25) is 0 Å². The van der Waals surface area contributed by atoms with Crippen LogP contribution in [0, 0.1) is 6.92 Å². The van der Waals surface area contributed by atoms with Crippen LogP contribution in [-0.4, -0.2) is 21.5 Å². The van der Waals surface area contributed by atoms with Gasteiger partial charge in [0, 0.05) is 6.04 Å². The number of aromatic nitrogens is 2. The fourth-order valence-electron chi connectivity index (χ4n) is 1.89. The third-order valence-corrected chi connectivity index (χ3v) is 3.27. The molecule has 1 aliphatic rings. The maximum absolute atomic E-state index is 12.9. The van der Waals surface area contributed by atoms with Crippen LogP contribution in [0.4, 0.5) is 24.7 Å². The monoisotopic (exact) mass is 262 g/mol. The standard InChI is InChI=1S/C11H17F3N4/c1-6(2)18-9(8(15)7(3)17-18)16-10(4-5-10)11(12,13)14/h6,16H,4-5,15H2,1-3H3. The van der Waals surface area contributed by atoms with E-state index in [4.69, 9.17) is 5.73 Å². The summed E-state index contributed by atoms with van der Waals surface area (Å²) in [6.45, 7) is 5.39. The van der Waals surface area contributed by atoms with Gasteiger partial charge in [0.25, 0.3) is 0 Å². The van der Waals surface area contributed by atoms with E-state index < -0.39 is 11.7 Å². The number of nitrogen functional groups attached to an aromatic ring is 1. The molecule has 0 bridgehead atoms. The van der Waals surface area contributed by atoms with Crippen LogP contribution in [0.2, 0.25) is 0 Å². The summed E-state index contributed by atoms with van der Waals surface area (Å²) < 4.78 is 40.3. The average Bonchev–Trinajstić information content (AvgIpc) is 2.96. The zero-order valence-electron chi connectivity index (χ0n) is 10.6. The highest BCUT2D eigenvalue weighted by atomic mass is 19.4. The number of hydrogen-bond donors (Lipinski definition) is 2. The van der Waals surface area contributed by atoms with Crippen molar-refractivity contribution in [2.24, 2.45) is 0 Å². The molecule has 0 unspecified atom stereocenters. The lowest BCUT2D eigenvalue weighted by molar-refractivity contribution is -0.151. The molecule has 0 radical (unpaired) electrons. The minimum absolute atomic E-state index is 0.0486. The third-order valence-electron chi connectivity index (χ3n) is 3.27. The SMILES string of the molecule is Cc1nn(C(C)C)c(NC2(C(F)(F)F)CC2)c1N. The summed E-state index contributed by atoms with van der Waals surface area (Å²) in [5, 5.41) is 6.72. The maximum atomic E-state index is 12.9. The van der Waals surface area contributed by atoms with E-state index in [9.17, 15) is 13.2 Å². The first-order valence-corrected chi connectivity index (χ1v) is 5.87. The Labute approximate surface area is 103 Å². The molecule has 2 rings (SSSR count). The Balaban J connectivity index is 2.35. The number of rotatable bonds is 3. The van der Waals surface area contributed by atoms with Crippen LogP contribution < -0.4 is 11.1 Å². The van der Waals surface area contributed by atoms with Crippen LogP contribution >= 0.6 is 0 Å². The average molecular weight is 262 g/mol. The zero-order valence-corrected chi connectivity index (χ0v) is 10.6. The summed E-state index contributed by atoms with van der Waals surface area (Å²) in [5.74, 6) is 0.275. The Bertz CT molecular complexity index is 458. The second-order valence-corrected chi connectivity index (χ2v) is 5.09. The first kappa shape index (κ1) is 13.0. The van der Waals surface area contributed by atoms with Crippen LogP contribution in [0.1, 0.15) is 38.4 Å². The van der Waals surface area contributed by atoms with E-state index in [1.165, 1.54) is 4.68 Å². The van der Waals surface area contributed by atoms with Crippen LogP contribution in [0.15, 0.2) is 0 Å². The van der Waals surface area contributed by atoms with Crippen molar-refractivity contribution in [2.45, 2.75) is 51.4 Å². The van der Waals surface area contributed by atoms with Gasteiger partial charge in [0.15, 0.2) is 0 Å². The molecule has 0 spiro atoms. The first-order chi connectivity index (χ1) is 8.18. The Morgan fingerprint density at radius 1 is 1.39 bits per heavy atom. The maximum Gasteiger partial charge on any atom is 0.411 e. The summed E-state index contributed by atoms with van der Waals surface area (Å²) in [7, 11) is 0. The Morgan fingerprint density at radius 3 is 2.33 bits per heavy atom. The lowest BCUT2D eigenvalue weighted by Crippen LogP contribution is -2.39. The molecule has 1 saturated carbocycles. The molecule has 0 aromatic carbocycles. The summed E-state index contributed by atoms with van der Waals surface area (Å²) in [5.41, 5.74) is 4.82. The van der Waals surface area contributed by atoms with E-state index in [0.29, 0.717) is 11.4 Å². The minimum atomic E-state index is -4.26. The number of nitrogens with two attached hydrogens (primary N) is 1. The van der Waals surface area contributed by atoms with Gasteiger partial charge in [-0.15, -0.1) is 0 Å². The van der Waals surface area contributed by atoms with Gasteiger partial charge in [-0.25, -0.2) is 4.68 Å². The topological polar surface area (TPSA) is 55.9 Å². The fourth-order valence-corrected chi connectivity index (χ4v) is 1.89. The Morgan fingerprint density at radius 2 is 1.94 bits per heavy atom. The van der Waals surface area contributed by atoms with Crippen molar-refractivity contribution in [1.29, 1.82) is 0 Å². The highest BCUT2D eigenvalue weighted by Gasteiger charge is 2.64. The molecule has 1 aromatic rings. The zero-order chi connectivity index (χ0) is 13.7. The third kappa shape index (κ3) is 1.91. The molecule has 0 amide bonds. The number of halogens is 3. The number of hydrogen-bond acceptors (Lipinski definition) is 3. The molecular formula is C11H17F3N4. The van der Waals surface area contributed by atoms with Crippen molar-refractivity contribution in [1.82, 2.24) is 9.78 Å². The van der Waals surface area contributed by atoms with Crippen molar-refractivity contribution in [3.63, 3.8) is 0 Å². The molecule has 1 heterocycles. The summed E-state index contributed by atoms with van der Waals surface area (Å²) in [6, 6.07) is -0.0486. The van der Waals surface area contributed by atoms with E-state index in [1.807, 2.05) is 13.8 Å². The lowest BCUT2D eigenvalue weighted by Gasteiger charge is -2.23. The second-order valence-electron chi connectivity index (χ2n) is 5.09. The van der Waals surface area contributed by atoms with E-state index >= 15 is 0 Å². The first-order valence-electron chi connectivity index (χ1n) is 5.87. The van der Waals surface area contributed by atoms with E-state index in [2.05, 4.69) is 10.4 Å². The minimum Gasteiger partial charge on any atom is -0.394 e. The quantitative estimate of drug-likeness (QED) is 0.880. The molecule has 18 heavy (non-hydrogen) atoms. The molecule has 1 aromatic heterocycles. The molecule has 1 aliphatic carbocycles. The number of nitrogens with zero attached hydrogens (tertiary/aromatic N) is 2. The normalized spacial score (nSPS) is 18.2. The molecule has 1 fully saturated rings. The van der Waals surface area contributed by atoms with Crippen molar-refractivity contribution < 1.29 is 13.2 Å². The Hall–Kier alpha value is -1.40. The van der Waals surface area contributed by atoms with Gasteiger partial charge in [-0.2, -0.15) is 18.3 Å². The van der Waals surface area contributed by atoms with Gasteiger partial charge in [0.05, 0.1) is 11.4 Å². The number of alkyl halides is 3. The Kier molecular flexibility index (Phi) is 2.75. The van der Waals surface area contributed by atoms with Gasteiger partial charge in [0.1, 0.15) is 11.4 Å². The van der Waals surface area contributed by atoms with Crippen molar-refractivity contribution >= 4 is 11.5 Å². The molecule has 0 atom stereocenters. The van der Waals surface area contributed by atoms with Gasteiger partial charge in [-0.1, -0.05) is 0 Å². The smallest absolute Gasteiger partial charge is 0.394 e. The summed E-state index contributed by atoms with van der Waals surface area (Å²) >= 11 is 0. The van der Waals surface area contributed by atoms with Gasteiger partial charge in [0.2, 0.25) is 0 Å². The molecule has 102 valence electrons. The highest BCUT2D eigenvalue weighted by Crippen LogP contribution is 2.52. The fraction of sp³-hybridized carbons (Fsp3) is 0.727. The van der Waals surface area contributed by atoms with Crippen LogP contribution in [0.3, 0.4) is 0 Å². The van der Waals surface area contributed by atoms with Gasteiger partial charge in [-0.05, 0) is 33.6 Å². The van der Waals surface area contributed by atoms with E-state index in [-0.39, 0.29) is 24.7 Å². The molecule has 0 saturated heterocycles. The van der Waals surface area contributed by atoms with E-state index in [1.54, 1.807) is 6.92 Å². The second kappa shape index (κ2) is 3.80. The molecule has 7 heteroatoms. The van der Waals surface area contributed by atoms with Crippen molar-refractivity contribution in [3.8, 4) is 0 Å². The number of aryl methyl sites for hydroxylation is 1. The lowest BCUT2D eigenvalue weighted by atomic mass is 10.2. The molecule has 4 nitrogen and oxygen atoms in total. The van der Waals surface area contributed by atoms with E-state index in [0.717, 1.165) is 0 Å². The molecule has 0 aliphatic heterocycles. The number of anilines is 2. The largest absolute Gasteiger partial charge is 0.411 e. The van der Waals surface area contributed by atoms with Crippen LogP contribution in [0.5, 0.6) is 0 Å². The molecular weight excluding hydrogens is 245 g/mol. The molecule has 3 N–H and O–H groups in total. The van der Waals surface area contributed by atoms with Gasteiger partial charge >= 0.3 is 6.18 Å². The van der Waals surface area contributed by atoms with Crippen LogP contribution in [0.25, 0.3) is 0 Å². The summed E-state index contributed by atoms with van der Waals surface area (Å²) in [6.07, 6.45) is -4.10. The predicted octanol–water partition coefficient (Wildman–Crippen LogP) is 2.86. The highest BCUT2D eigenvalue weighted by molar-refractivity contribution is 5.66. The number of nitrogens with one attached hydrogen (secondary N) is 1. The van der Waals surface area contributed by atoms with Crippen LogP contribution in [-0.2, 0) is 0 Å². The van der Waals surface area contributed by atoms with Crippen molar-refractivity contribution in [3.05, 3.63) is 5.69 Å². The van der Waals surface area contributed by atoms with Gasteiger partial charge < -0.3 is 11.1 Å². The predicted molar refractivity (Wildman–Crippen MR) is 63.4 cm³/mol.